The number of carbonyl (C=O) groups is 2. The van der Waals surface area contributed by atoms with Gasteiger partial charge in [-0.1, -0.05) is 6.92 Å². The highest BCUT2D eigenvalue weighted by Crippen LogP contribution is 2.24. The van der Waals surface area contributed by atoms with Crippen molar-refractivity contribution in [3.8, 4) is 0 Å². The van der Waals surface area contributed by atoms with E-state index < -0.39 is 0 Å². The first kappa shape index (κ1) is 19.3. The van der Waals surface area contributed by atoms with Gasteiger partial charge in [0.15, 0.2) is 0 Å². The quantitative estimate of drug-likeness (QED) is 0.825. The van der Waals surface area contributed by atoms with Crippen molar-refractivity contribution in [2.24, 2.45) is 0 Å². The Labute approximate surface area is 151 Å². The van der Waals surface area contributed by atoms with Gasteiger partial charge in [-0.15, -0.1) is 0 Å². The third kappa shape index (κ3) is 5.76. The molecule has 1 aromatic rings. The van der Waals surface area contributed by atoms with Crippen molar-refractivity contribution in [1.82, 2.24) is 5.32 Å². The standard InChI is InChI=1S/C20H31N3O2/c1-4-16(2)21-20(25)12-15-23(17(3)24)19-10-8-18(9-11-19)22-13-6-5-7-14-22/h8-11,16H,4-7,12-15H2,1-3H3,(H,21,25). The van der Waals surface area contributed by atoms with Crippen LogP contribution in [0.1, 0.15) is 52.9 Å². The van der Waals surface area contributed by atoms with Crippen molar-refractivity contribution < 1.29 is 9.59 Å². The first-order valence-corrected chi connectivity index (χ1v) is 9.43. The third-order valence-corrected chi connectivity index (χ3v) is 4.84. The molecule has 1 unspecified atom stereocenters. The van der Waals surface area contributed by atoms with Crippen LogP contribution in [-0.2, 0) is 9.59 Å². The number of nitrogens with zero attached hydrogens (tertiary/aromatic N) is 2. The van der Waals surface area contributed by atoms with Gasteiger partial charge in [-0.05, 0) is 56.9 Å². The predicted molar refractivity (Wildman–Crippen MR) is 103 cm³/mol. The van der Waals surface area contributed by atoms with E-state index in [-0.39, 0.29) is 17.9 Å². The summed E-state index contributed by atoms with van der Waals surface area (Å²) < 4.78 is 0. The summed E-state index contributed by atoms with van der Waals surface area (Å²) in [6.07, 6.45) is 5.02. The molecule has 0 bridgehead atoms. The zero-order valence-corrected chi connectivity index (χ0v) is 15.8. The third-order valence-electron chi connectivity index (χ3n) is 4.84. The van der Waals surface area contributed by atoms with Gasteiger partial charge in [0.1, 0.15) is 0 Å². The molecular formula is C20H31N3O2. The lowest BCUT2D eigenvalue weighted by Gasteiger charge is -2.29. The zero-order chi connectivity index (χ0) is 18.2. The minimum Gasteiger partial charge on any atom is -0.372 e. The summed E-state index contributed by atoms with van der Waals surface area (Å²) in [6.45, 7) is 8.18. The van der Waals surface area contributed by atoms with Gasteiger partial charge in [0.25, 0.3) is 0 Å². The van der Waals surface area contributed by atoms with Crippen molar-refractivity contribution in [1.29, 1.82) is 0 Å². The monoisotopic (exact) mass is 345 g/mol. The largest absolute Gasteiger partial charge is 0.372 e. The van der Waals surface area contributed by atoms with Gasteiger partial charge in [-0.3, -0.25) is 9.59 Å². The Kier molecular flexibility index (Phi) is 7.29. The topological polar surface area (TPSA) is 52.7 Å². The molecule has 1 aliphatic heterocycles. The Balaban J connectivity index is 1.97. The molecule has 2 rings (SSSR count). The summed E-state index contributed by atoms with van der Waals surface area (Å²) in [5.74, 6) is -0.0485. The second-order valence-electron chi connectivity index (χ2n) is 6.86. The van der Waals surface area contributed by atoms with Gasteiger partial charge in [-0.2, -0.15) is 0 Å². The van der Waals surface area contributed by atoms with Gasteiger partial charge in [0.05, 0.1) is 0 Å². The lowest BCUT2D eigenvalue weighted by atomic mass is 10.1. The van der Waals surface area contributed by atoms with Crippen LogP contribution in [0, 0.1) is 0 Å². The highest BCUT2D eigenvalue weighted by atomic mass is 16.2. The summed E-state index contributed by atoms with van der Waals surface area (Å²) in [6, 6.07) is 8.30. The summed E-state index contributed by atoms with van der Waals surface area (Å²) in [5.41, 5.74) is 2.06. The molecule has 1 N–H and O–H groups in total. The van der Waals surface area contributed by atoms with Crippen LogP contribution in [0.4, 0.5) is 11.4 Å². The fraction of sp³-hybridized carbons (Fsp3) is 0.600. The van der Waals surface area contributed by atoms with Crippen LogP contribution in [0.25, 0.3) is 0 Å². The molecule has 1 saturated heterocycles. The molecule has 0 aromatic heterocycles. The molecule has 1 aliphatic rings. The fourth-order valence-electron chi connectivity index (χ4n) is 3.13. The molecule has 25 heavy (non-hydrogen) atoms. The molecule has 0 radical (unpaired) electrons. The van der Waals surface area contributed by atoms with Crippen LogP contribution < -0.4 is 15.1 Å². The van der Waals surface area contributed by atoms with Gasteiger partial charge < -0.3 is 15.1 Å². The molecule has 1 atom stereocenters. The van der Waals surface area contributed by atoms with E-state index >= 15 is 0 Å². The Morgan fingerprint density at radius 1 is 1.16 bits per heavy atom. The molecular weight excluding hydrogens is 314 g/mol. The van der Waals surface area contributed by atoms with E-state index in [0.29, 0.717) is 13.0 Å². The molecule has 0 spiro atoms. The number of amides is 2. The number of nitrogens with one attached hydrogen (secondary N) is 1. The Morgan fingerprint density at radius 3 is 2.36 bits per heavy atom. The minimum absolute atomic E-state index is 0.00876. The molecule has 0 saturated carbocycles. The average molecular weight is 345 g/mol. The van der Waals surface area contributed by atoms with E-state index in [1.165, 1.54) is 24.9 Å². The molecule has 5 nitrogen and oxygen atoms in total. The van der Waals surface area contributed by atoms with E-state index in [2.05, 4.69) is 22.3 Å². The minimum atomic E-state index is -0.0398. The Hall–Kier alpha value is -2.04. The van der Waals surface area contributed by atoms with Crippen molar-refractivity contribution >= 4 is 23.2 Å². The number of piperidine rings is 1. The first-order chi connectivity index (χ1) is 12.0. The summed E-state index contributed by atoms with van der Waals surface area (Å²) in [7, 11) is 0. The van der Waals surface area contributed by atoms with E-state index in [0.717, 1.165) is 25.2 Å². The van der Waals surface area contributed by atoms with E-state index in [1.807, 2.05) is 26.0 Å². The average Bonchev–Trinajstić information content (AvgIpc) is 2.62. The van der Waals surface area contributed by atoms with Crippen molar-refractivity contribution in [2.45, 2.75) is 58.9 Å². The maximum atomic E-state index is 12.0. The maximum Gasteiger partial charge on any atom is 0.223 e. The Bertz CT molecular complexity index is 565. The number of benzene rings is 1. The SMILES string of the molecule is CCC(C)NC(=O)CCN(C(C)=O)c1ccc(N2CCCCC2)cc1. The van der Waals surface area contributed by atoms with Crippen molar-refractivity contribution in [3.63, 3.8) is 0 Å². The normalized spacial score (nSPS) is 15.6. The lowest BCUT2D eigenvalue weighted by Crippen LogP contribution is -2.37. The van der Waals surface area contributed by atoms with Crippen LogP contribution in [0.3, 0.4) is 0 Å². The van der Waals surface area contributed by atoms with E-state index in [1.54, 1.807) is 11.8 Å². The summed E-state index contributed by atoms with van der Waals surface area (Å²) in [5, 5.41) is 2.94. The molecule has 2 amide bonds. The van der Waals surface area contributed by atoms with Crippen molar-refractivity contribution in [3.05, 3.63) is 24.3 Å². The molecule has 138 valence electrons. The van der Waals surface area contributed by atoms with Crippen LogP contribution >= 0.6 is 0 Å². The molecule has 1 heterocycles. The number of hydrogen-bond acceptors (Lipinski definition) is 3. The zero-order valence-electron chi connectivity index (χ0n) is 15.8. The molecule has 5 heteroatoms. The maximum absolute atomic E-state index is 12.0. The molecule has 0 aliphatic carbocycles. The number of carbonyl (C=O) groups excluding carboxylic acids is 2. The van der Waals surface area contributed by atoms with E-state index in [9.17, 15) is 9.59 Å². The van der Waals surface area contributed by atoms with Gasteiger partial charge in [-0.25, -0.2) is 0 Å². The second-order valence-corrected chi connectivity index (χ2v) is 6.86. The van der Waals surface area contributed by atoms with Gasteiger partial charge >= 0.3 is 0 Å². The van der Waals surface area contributed by atoms with Crippen LogP contribution in [0.5, 0.6) is 0 Å². The van der Waals surface area contributed by atoms with Crippen LogP contribution in [0.2, 0.25) is 0 Å². The van der Waals surface area contributed by atoms with Gasteiger partial charge in [0.2, 0.25) is 11.8 Å². The van der Waals surface area contributed by atoms with Gasteiger partial charge in [0, 0.05) is 50.4 Å². The smallest absolute Gasteiger partial charge is 0.223 e. The predicted octanol–water partition coefficient (Wildman–Crippen LogP) is 3.33. The number of anilines is 2. The van der Waals surface area contributed by atoms with Crippen LogP contribution in [-0.4, -0.2) is 37.5 Å². The molecule has 1 aromatic carbocycles. The highest BCUT2D eigenvalue weighted by Gasteiger charge is 2.16. The fourth-order valence-corrected chi connectivity index (χ4v) is 3.13. The first-order valence-electron chi connectivity index (χ1n) is 9.43. The summed E-state index contributed by atoms with van der Waals surface area (Å²) >= 11 is 0. The number of rotatable bonds is 7. The number of hydrogen-bond donors (Lipinski definition) is 1. The second kappa shape index (κ2) is 9.44. The van der Waals surface area contributed by atoms with Crippen LogP contribution in [0.15, 0.2) is 24.3 Å². The Morgan fingerprint density at radius 2 is 1.80 bits per heavy atom. The molecule has 1 fully saturated rings. The van der Waals surface area contributed by atoms with Crippen molar-refractivity contribution in [2.75, 3.05) is 29.4 Å². The lowest BCUT2D eigenvalue weighted by molar-refractivity contribution is -0.121. The summed E-state index contributed by atoms with van der Waals surface area (Å²) in [4.78, 5) is 28.1. The highest BCUT2D eigenvalue weighted by molar-refractivity contribution is 5.92. The van der Waals surface area contributed by atoms with E-state index in [4.69, 9.17) is 0 Å².